The highest BCUT2D eigenvalue weighted by atomic mass is 16.5. The summed E-state index contributed by atoms with van der Waals surface area (Å²) in [6.07, 6.45) is 0. The van der Waals surface area contributed by atoms with Crippen LogP contribution in [0.3, 0.4) is 0 Å². The third-order valence-electron chi connectivity index (χ3n) is 2.33. The van der Waals surface area contributed by atoms with Gasteiger partial charge in [0.05, 0.1) is 0 Å². The predicted octanol–water partition coefficient (Wildman–Crippen LogP) is 1.08. The molecule has 0 saturated carbocycles. The molecular weight excluding hydrogens is 232 g/mol. The molecule has 0 atom stereocenters. The summed E-state index contributed by atoms with van der Waals surface area (Å²) in [5.41, 5.74) is 0.922. The lowest BCUT2D eigenvalue weighted by Gasteiger charge is -1.92. The molecule has 3 rings (SSSR count). The van der Waals surface area contributed by atoms with E-state index in [9.17, 15) is 0 Å². The molecule has 0 saturated heterocycles. The molecule has 0 aliphatic carbocycles. The summed E-state index contributed by atoms with van der Waals surface area (Å²) < 4.78 is 4.99. The summed E-state index contributed by atoms with van der Waals surface area (Å²) in [6, 6.07) is 9.65. The Bertz CT molecular complexity index is 644. The van der Waals surface area contributed by atoms with Gasteiger partial charge in [0.15, 0.2) is 5.82 Å². The Labute approximate surface area is 102 Å². The summed E-state index contributed by atoms with van der Waals surface area (Å²) in [5.74, 6) is 1.63. The normalized spacial score (nSPS) is 10.7. The van der Waals surface area contributed by atoms with Gasteiger partial charge in [0.1, 0.15) is 6.54 Å². The Kier molecular flexibility index (Phi) is 2.56. The number of aromatic nitrogens is 6. The summed E-state index contributed by atoms with van der Waals surface area (Å²) >= 11 is 0. The van der Waals surface area contributed by atoms with E-state index >= 15 is 0 Å². The molecule has 0 bridgehead atoms. The first-order chi connectivity index (χ1) is 8.81. The minimum absolute atomic E-state index is 0.320. The zero-order valence-corrected chi connectivity index (χ0v) is 9.69. The van der Waals surface area contributed by atoms with E-state index in [0.717, 1.165) is 5.56 Å². The lowest BCUT2D eigenvalue weighted by Crippen LogP contribution is -2.04. The zero-order valence-electron chi connectivity index (χ0n) is 9.69. The predicted molar refractivity (Wildman–Crippen MR) is 61.4 cm³/mol. The number of hydrogen-bond acceptors (Lipinski definition) is 6. The van der Waals surface area contributed by atoms with Crippen LogP contribution in [-0.4, -0.2) is 30.3 Å². The van der Waals surface area contributed by atoms with Gasteiger partial charge >= 0.3 is 0 Å². The largest absolute Gasteiger partial charge is 0.337 e. The number of benzene rings is 1. The lowest BCUT2D eigenvalue weighted by molar-refractivity contribution is 0.353. The van der Waals surface area contributed by atoms with Crippen LogP contribution in [0.15, 0.2) is 34.9 Å². The van der Waals surface area contributed by atoms with Gasteiger partial charge in [0.25, 0.3) is 0 Å². The smallest absolute Gasteiger partial charge is 0.250 e. The van der Waals surface area contributed by atoms with Crippen LogP contribution in [0.25, 0.3) is 11.4 Å². The van der Waals surface area contributed by atoms with Crippen molar-refractivity contribution in [3.63, 3.8) is 0 Å². The average Bonchev–Trinajstić information content (AvgIpc) is 3.01. The fourth-order valence-corrected chi connectivity index (χ4v) is 1.54. The van der Waals surface area contributed by atoms with E-state index in [4.69, 9.17) is 4.52 Å². The molecule has 18 heavy (non-hydrogen) atoms. The molecule has 0 unspecified atom stereocenters. The van der Waals surface area contributed by atoms with Gasteiger partial charge in [-0.2, -0.15) is 9.78 Å². The van der Waals surface area contributed by atoms with Crippen molar-refractivity contribution in [1.29, 1.82) is 0 Å². The maximum Gasteiger partial charge on any atom is 0.250 e. The standard InChI is InChI=1S/C11H10N6O/c1-8-12-10(18-15-8)7-17-14-11(13-16-17)9-5-3-2-4-6-9/h2-6H,7H2,1H3. The number of tetrazole rings is 1. The molecule has 90 valence electrons. The van der Waals surface area contributed by atoms with Crippen molar-refractivity contribution in [3.8, 4) is 11.4 Å². The molecule has 2 heterocycles. The average molecular weight is 242 g/mol. The third kappa shape index (κ3) is 2.10. The van der Waals surface area contributed by atoms with Crippen molar-refractivity contribution < 1.29 is 4.52 Å². The molecule has 0 amide bonds. The van der Waals surface area contributed by atoms with E-state index in [-0.39, 0.29) is 0 Å². The van der Waals surface area contributed by atoms with E-state index in [2.05, 4.69) is 25.6 Å². The number of aryl methyl sites for hydroxylation is 1. The van der Waals surface area contributed by atoms with Gasteiger partial charge in [0.2, 0.25) is 11.7 Å². The molecule has 2 aromatic heterocycles. The molecule has 0 fully saturated rings. The van der Waals surface area contributed by atoms with E-state index < -0.39 is 0 Å². The SMILES string of the molecule is Cc1noc(Cn2nnc(-c3ccccc3)n2)n1. The molecule has 7 heteroatoms. The van der Waals surface area contributed by atoms with Gasteiger partial charge in [0, 0.05) is 5.56 Å². The maximum atomic E-state index is 4.99. The van der Waals surface area contributed by atoms with Crippen molar-refractivity contribution in [1.82, 2.24) is 30.3 Å². The molecule has 0 aliphatic heterocycles. The van der Waals surface area contributed by atoms with Crippen LogP contribution in [0.5, 0.6) is 0 Å². The quantitative estimate of drug-likeness (QED) is 0.683. The van der Waals surface area contributed by atoms with Crippen molar-refractivity contribution in [3.05, 3.63) is 42.0 Å². The molecule has 0 spiro atoms. The van der Waals surface area contributed by atoms with Crippen LogP contribution < -0.4 is 0 Å². The van der Waals surface area contributed by atoms with E-state index in [1.807, 2.05) is 30.3 Å². The van der Waals surface area contributed by atoms with Crippen LogP contribution in [0.2, 0.25) is 0 Å². The van der Waals surface area contributed by atoms with Crippen LogP contribution in [-0.2, 0) is 6.54 Å². The van der Waals surface area contributed by atoms with Crippen molar-refractivity contribution in [2.45, 2.75) is 13.5 Å². The van der Waals surface area contributed by atoms with Gasteiger partial charge in [-0.05, 0) is 12.1 Å². The molecule has 7 nitrogen and oxygen atoms in total. The van der Waals surface area contributed by atoms with E-state index in [1.165, 1.54) is 4.80 Å². The minimum Gasteiger partial charge on any atom is -0.337 e. The first-order valence-corrected chi connectivity index (χ1v) is 5.44. The Morgan fingerprint density at radius 2 is 2.06 bits per heavy atom. The first kappa shape index (κ1) is 10.6. The summed E-state index contributed by atoms with van der Waals surface area (Å²) in [5, 5.41) is 15.9. The van der Waals surface area contributed by atoms with Gasteiger partial charge in [-0.25, -0.2) is 0 Å². The Morgan fingerprint density at radius 3 is 2.78 bits per heavy atom. The molecule has 3 aromatic rings. The Hall–Kier alpha value is -2.57. The Balaban J connectivity index is 1.82. The minimum atomic E-state index is 0.320. The molecule has 0 N–H and O–H groups in total. The summed E-state index contributed by atoms with van der Waals surface area (Å²) in [6.45, 7) is 2.08. The maximum absolute atomic E-state index is 4.99. The topological polar surface area (TPSA) is 82.5 Å². The summed E-state index contributed by atoms with van der Waals surface area (Å²) in [4.78, 5) is 5.51. The number of nitrogens with zero attached hydrogens (tertiary/aromatic N) is 6. The van der Waals surface area contributed by atoms with Crippen molar-refractivity contribution >= 4 is 0 Å². The van der Waals surface area contributed by atoms with E-state index in [1.54, 1.807) is 6.92 Å². The second kappa shape index (κ2) is 4.36. The highest BCUT2D eigenvalue weighted by Gasteiger charge is 2.08. The molecule has 0 radical (unpaired) electrons. The fraction of sp³-hybridized carbons (Fsp3) is 0.182. The second-order valence-electron chi connectivity index (χ2n) is 3.74. The highest BCUT2D eigenvalue weighted by molar-refractivity contribution is 5.52. The van der Waals surface area contributed by atoms with Crippen LogP contribution in [0.4, 0.5) is 0 Å². The van der Waals surface area contributed by atoms with Gasteiger partial charge in [-0.15, -0.1) is 10.2 Å². The van der Waals surface area contributed by atoms with E-state index in [0.29, 0.717) is 24.1 Å². The van der Waals surface area contributed by atoms with Crippen LogP contribution in [0, 0.1) is 6.92 Å². The molecular formula is C11H10N6O. The monoisotopic (exact) mass is 242 g/mol. The molecule has 0 aliphatic rings. The third-order valence-corrected chi connectivity index (χ3v) is 2.33. The number of rotatable bonds is 3. The van der Waals surface area contributed by atoms with Crippen molar-refractivity contribution in [2.24, 2.45) is 0 Å². The van der Waals surface area contributed by atoms with Gasteiger partial charge in [-0.3, -0.25) is 0 Å². The highest BCUT2D eigenvalue weighted by Crippen LogP contribution is 2.12. The van der Waals surface area contributed by atoms with Crippen LogP contribution >= 0.6 is 0 Å². The number of hydrogen-bond donors (Lipinski definition) is 0. The lowest BCUT2D eigenvalue weighted by atomic mass is 10.2. The Morgan fingerprint density at radius 1 is 1.22 bits per heavy atom. The van der Waals surface area contributed by atoms with Gasteiger partial charge in [-0.1, -0.05) is 35.5 Å². The fourth-order valence-electron chi connectivity index (χ4n) is 1.54. The zero-order chi connectivity index (χ0) is 12.4. The van der Waals surface area contributed by atoms with Gasteiger partial charge < -0.3 is 4.52 Å². The first-order valence-electron chi connectivity index (χ1n) is 5.44. The van der Waals surface area contributed by atoms with Crippen molar-refractivity contribution in [2.75, 3.05) is 0 Å². The second-order valence-corrected chi connectivity index (χ2v) is 3.74. The van der Waals surface area contributed by atoms with Crippen LogP contribution in [0.1, 0.15) is 11.7 Å². The molecule has 1 aromatic carbocycles. The summed E-state index contributed by atoms with van der Waals surface area (Å²) in [7, 11) is 0.